The lowest BCUT2D eigenvalue weighted by Crippen LogP contribution is -2.15. The number of carbonyl (C=O) groups is 1. The molecule has 0 radical (unpaired) electrons. The molecular weight excluding hydrogens is 342 g/mol. The van der Waals surface area contributed by atoms with Gasteiger partial charge in [-0.2, -0.15) is 5.10 Å². The molecule has 0 fully saturated rings. The predicted octanol–water partition coefficient (Wildman–Crippen LogP) is 3.99. The molecule has 2 heterocycles. The van der Waals surface area contributed by atoms with E-state index in [1.165, 1.54) is 29.7 Å². The van der Waals surface area contributed by atoms with E-state index in [-0.39, 0.29) is 11.6 Å². The van der Waals surface area contributed by atoms with Crippen LogP contribution in [0.3, 0.4) is 0 Å². The van der Waals surface area contributed by atoms with E-state index in [9.17, 15) is 14.9 Å². The van der Waals surface area contributed by atoms with Crippen molar-refractivity contribution in [2.45, 2.75) is 6.92 Å². The third-order valence-electron chi connectivity index (χ3n) is 3.31. The highest BCUT2D eigenvalue weighted by Gasteiger charge is 2.09. The van der Waals surface area contributed by atoms with Gasteiger partial charge in [0.25, 0.3) is 11.6 Å². The molecule has 8 heteroatoms. The van der Waals surface area contributed by atoms with Gasteiger partial charge in [0, 0.05) is 22.6 Å². The maximum absolute atomic E-state index is 11.9. The van der Waals surface area contributed by atoms with E-state index in [0.717, 1.165) is 4.88 Å². The Kier molecular flexibility index (Phi) is 4.71. The van der Waals surface area contributed by atoms with Crippen LogP contribution in [-0.2, 0) is 0 Å². The average Bonchev–Trinajstić information content (AvgIpc) is 3.24. The van der Waals surface area contributed by atoms with Crippen molar-refractivity contribution < 1.29 is 14.1 Å². The summed E-state index contributed by atoms with van der Waals surface area (Å²) in [5, 5.41) is 14.5. The molecule has 25 heavy (non-hydrogen) atoms. The van der Waals surface area contributed by atoms with Gasteiger partial charge in [0.05, 0.1) is 16.0 Å². The van der Waals surface area contributed by atoms with Crippen molar-refractivity contribution in [2.24, 2.45) is 5.10 Å². The molecule has 7 nitrogen and oxygen atoms in total. The van der Waals surface area contributed by atoms with E-state index in [1.807, 2.05) is 13.0 Å². The van der Waals surface area contributed by atoms with Crippen molar-refractivity contribution in [2.75, 3.05) is 0 Å². The van der Waals surface area contributed by atoms with Crippen molar-refractivity contribution in [1.82, 2.24) is 5.43 Å². The van der Waals surface area contributed by atoms with Crippen molar-refractivity contribution in [3.63, 3.8) is 0 Å². The number of furan rings is 1. The number of hydrogen-bond donors (Lipinski definition) is 1. The zero-order valence-electron chi connectivity index (χ0n) is 13.1. The lowest BCUT2D eigenvalue weighted by Gasteiger charge is -1.96. The molecular formula is C17H13N3O4S. The average molecular weight is 355 g/mol. The molecule has 0 unspecified atom stereocenters. The lowest BCUT2D eigenvalue weighted by molar-refractivity contribution is -0.384. The van der Waals surface area contributed by atoms with Crippen LogP contribution in [0.15, 0.2) is 58.0 Å². The number of nitro benzene ring substituents is 1. The summed E-state index contributed by atoms with van der Waals surface area (Å²) in [6.45, 7) is 1.92. The zero-order chi connectivity index (χ0) is 17.8. The zero-order valence-corrected chi connectivity index (χ0v) is 13.9. The van der Waals surface area contributed by atoms with Crippen LogP contribution in [0.5, 0.6) is 0 Å². The van der Waals surface area contributed by atoms with Gasteiger partial charge in [0.2, 0.25) is 0 Å². The first-order valence-corrected chi connectivity index (χ1v) is 8.09. The third kappa shape index (κ3) is 3.99. The molecule has 3 aromatic rings. The summed E-state index contributed by atoms with van der Waals surface area (Å²) >= 11 is 1.39. The molecule has 0 bridgehead atoms. The summed E-state index contributed by atoms with van der Waals surface area (Å²) in [5.41, 5.74) is 3.16. The van der Waals surface area contributed by atoms with Gasteiger partial charge in [-0.05, 0) is 43.3 Å². The predicted molar refractivity (Wildman–Crippen MR) is 94.9 cm³/mol. The Labute approximate surface area is 146 Å². The summed E-state index contributed by atoms with van der Waals surface area (Å²) in [6.07, 6.45) is 1.40. The second kappa shape index (κ2) is 7.10. The van der Waals surface area contributed by atoms with Crippen LogP contribution in [-0.4, -0.2) is 17.0 Å². The molecule has 0 saturated heterocycles. The maximum Gasteiger partial charge on any atom is 0.281 e. The van der Waals surface area contributed by atoms with Crippen molar-refractivity contribution in [3.05, 3.63) is 74.2 Å². The third-order valence-corrected chi connectivity index (χ3v) is 4.31. The highest BCUT2D eigenvalue weighted by Crippen LogP contribution is 2.24. The number of non-ortho nitro benzene ring substituents is 1. The fraction of sp³-hybridized carbons (Fsp3) is 0.0588. The van der Waals surface area contributed by atoms with Crippen LogP contribution in [0.4, 0.5) is 5.69 Å². The fourth-order valence-electron chi connectivity index (χ4n) is 2.09. The summed E-state index contributed by atoms with van der Waals surface area (Å²) in [4.78, 5) is 23.7. The molecule has 1 N–H and O–H groups in total. The smallest absolute Gasteiger partial charge is 0.281 e. The fourth-order valence-corrected chi connectivity index (χ4v) is 2.85. The molecule has 0 spiro atoms. The molecule has 0 atom stereocenters. The van der Waals surface area contributed by atoms with E-state index < -0.39 is 4.92 Å². The van der Waals surface area contributed by atoms with Crippen LogP contribution >= 0.6 is 11.3 Å². The highest BCUT2D eigenvalue weighted by molar-refractivity contribution is 7.13. The van der Waals surface area contributed by atoms with Gasteiger partial charge >= 0.3 is 0 Å². The van der Waals surface area contributed by atoms with Crippen LogP contribution < -0.4 is 5.43 Å². The van der Waals surface area contributed by atoms with Gasteiger partial charge in [-0.1, -0.05) is 0 Å². The minimum absolute atomic E-state index is 0.0172. The number of nitro groups is 1. The van der Waals surface area contributed by atoms with Crippen molar-refractivity contribution in [3.8, 4) is 11.3 Å². The summed E-state index contributed by atoms with van der Waals surface area (Å²) in [6, 6.07) is 13.1. The molecule has 1 amide bonds. The number of rotatable bonds is 5. The number of amides is 1. The molecule has 3 rings (SSSR count). The van der Waals surface area contributed by atoms with E-state index >= 15 is 0 Å². The molecule has 0 saturated carbocycles. The molecule has 2 aromatic heterocycles. The second-order valence-electron chi connectivity index (χ2n) is 5.12. The van der Waals surface area contributed by atoms with E-state index in [1.54, 1.807) is 30.3 Å². The summed E-state index contributed by atoms with van der Waals surface area (Å²) in [5.74, 6) is 0.726. The van der Waals surface area contributed by atoms with Crippen molar-refractivity contribution in [1.29, 1.82) is 0 Å². The first-order chi connectivity index (χ1) is 12.0. The molecule has 0 aliphatic carbocycles. The van der Waals surface area contributed by atoms with Gasteiger partial charge in [0.15, 0.2) is 0 Å². The van der Waals surface area contributed by atoms with E-state index in [0.29, 0.717) is 22.0 Å². The number of thiophene rings is 1. The first kappa shape index (κ1) is 16.6. The standard InChI is InChI=1S/C17H13N3O4S/c1-11-2-9-16(25-11)17(21)19-18-10-14-7-8-15(24-14)12-3-5-13(6-4-12)20(22)23/h2-10H,1H3,(H,19,21)/b18-10+. The van der Waals surface area contributed by atoms with Gasteiger partial charge in [-0.15, -0.1) is 11.3 Å². The van der Waals surface area contributed by atoms with Crippen LogP contribution in [0.2, 0.25) is 0 Å². The SMILES string of the molecule is Cc1ccc(C(=O)N/N=C/c2ccc(-c3ccc([N+](=O)[O-])cc3)o2)s1. The minimum Gasteiger partial charge on any atom is -0.455 e. The van der Waals surface area contributed by atoms with Gasteiger partial charge in [-0.3, -0.25) is 14.9 Å². The number of hydrazone groups is 1. The van der Waals surface area contributed by atoms with E-state index in [4.69, 9.17) is 4.42 Å². The Bertz CT molecular complexity index is 941. The van der Waals surface area contributed by atoms with E-state index in [2.05, 4.69) is 10.5 Å². The van der Waals surface area contributed by atoms with Gasteiger partial charge in [0.1, 0.15) is 11.5 Å². The highest BCUT2D eigenvalue weighted by atomic mass is 32.1. The number of nitrogens with one attached hydrogen (secondary N) is 1. The van der Waals surface area contributed by atoms with Crippen molar-refractivity contribution >= 4 is 29.1 Å². The minimum atomic E-state index is -0.457. The Morgan fingerprint density at radius 3 is 2.60 bits per heavy atom. The number of aryl methyl sites for hydroxylation is 1. The van der Waals surface area contributed by atoms with Gasteiger partial charge < -0.3 is 4.42 Å². The Morgan fingerprint density at radius 2 is 1.96 bits per heavy atom. The quantitative estimate of drug-likeness (QED) is 0.425. The Hall–Kier alpha value is -3.26. The van der Waals surface area contributed by atoms with Crippen LogP contribution in [0, 0.1) is 17.0 Å². The molecule has 1 aromatic carbocycles. The number of carbonyl (C=O) groups excluding carboxylic acids is 1. The Morgan fingerprint density at radius 1 is 1.20 bits per heavy atom. The normalized spacial score (nSPS) is 10.9. The second-order valence-corrected chi connectivity index (χ2v) is 6.40. The largest absolute Gasteiger partial charge is 0.455 e. The van der Waals surface area contributed by atoms with Crippen LogP contribution in [0.1, 0.15) is 20.3 Å². The first-order valence-electron chi connectivity index (χ1n) is 7.27. The Balaban J connectivity index is 1.65. The number of nitrogens with zero attached hydrogens (tertiary/aromatic N) is 2. The molecule has 126 valence electrons. The van der Waals surface area contributed by atoms with Crippen LogP contribution in [0.25, 0.3) is 11.3 Å². The molecule has 0 aliphatic rings. The summed E-state index contributed by atoms with van der Waals surface area (Å²) in [7, 11) is 0. The maximum atomic E-state index is 11.9. The topological polar surface area (TPSA) is 97.7 Å². The van der Waals surface area contributed by atoms with Gasteiger partial charge in [-0.25, -0.2) is 5.43 Å². The monoisotopic (exact) mass is 355 g/mol. The number of hydrogen-bond acceptors (Lipinski definition) is 6. The lowest BCUT2D eigenvalue weighted by atomic mass is 10.1. The number of benzene rings is 1. The molecule has 0 aliphatic heterocycles. The summed E-state index contributed by atoms with van der Waals surface area (Å²) < 4.78 is 5.59.